The zero-order valence-electron chi connectivity index (χ0n) is 9.02. The number of ether oxygens (including phenoxy) is 3. The summed E-state index contributed by atoms with van der Waals surface area (Å²) in [5.74, 6) is 0.501. The van der Waals surface area contributed by atoms with Crippen molar-refractivity contribution >= 4 is 5.97 Å². The van der Waals surface area contributed by atoms with Crippen molar-refractivity contribution in [1.82, 2.24) is 0 Å². The monoisotopic (exact) mass is 224 g/mol. The predicted octanol–water partition coefficient (Wildman–Crippen LogP) is 0.930. The molecule has 1 aliphatic rings. The van der Waals surface area contributed by atoms with E-state index in [0.29, 0.717) is 22.6 Å². The van der Waals surface area contributed by atoms with Gasteiger partial charge >= 0.3 is 5.97 Å². The number of aliphatic hydroxyl groups is 1. The number of esters is 1. The van der Waals surface area contributed by atoms with Crippen molar-refractivity contribution in [2.75, 3.05) is 13.9 Å². The first kappa shape index (κ1) is 10.8. The summed E-state index contributed by atoms with van der Waals surface area (Å²) in [5, 5.41) is 9.73. The SMILES string of the molecule is COC(=O)C(O)c1ccc2c(c1C)OCO2. The minimum atomic E-state index is -1.29. The van der Waals surface area contributed by atoms with E-state index in [0.717, 1.165) is 0 Å². The van der Waals surface area contributed by atoms with Gasteiger partial charge in [0.1, 0.15) is 0 Å². The van der Waals surface area contributed by atoms with Crippen LogP contribution in [0.3, 0.4) is 0 Å². The molecule has 0 bridgehead atoms. The van der Waals surface area contributed by atoms with E-state index in [1.54, 1.807) is 19.1 Å². The molecule has 1 aromatic rings. The molecule has 5 heteroatoms. The summed E-state index contributed by atoms with van der Waals surface area (Å²) in [5.41, 5.74) is 1.16. The molecule has 1 unspecified atom stereocenters. The van der Waals surface area contributed by atoms with E-state index in [1.807, 2.05) is 0 Å². The Kier molecular flexibility index (Phi) is 2.70. The number of hydrogen-bond acceptors (Lipinski definition) is 5. The fraction of sp³-hybridized carbons (Fsp3) is 0.364. The molecule has 1 N–H and O–H groups in total. The highest BCUT2D eigenvalue weighted by Gasteiger charge is 2.25. The summed E-state index contributed by atoms with van der Waals surface area (Å²) < 4.78 is 14.9. The second-order valence-electron chi connectivity index (χ2n) is 3.44. The van der Waals surface area contributed by atoms with E-state index in [-0.39, 0.29) is 6.79 Å². The number of rotatable bonds is 2. The Balaban J connectivity index is 2.39. The first-order valence-electron chi connectivity index (χ1n) is 4.80. The molecule has 0 amide bonds. The number of carbonyl (C=O) groups excluding carboxylic acids is 1. The molecule has 0 saturated carbocycles. The molecule has 0 radical (unpaired) electrons. The summed E-state index contributed by atoms with van der Waals surface area (Å²) in [4.78, 5) is 11.2. The van der Waals surface area contributed by atoms with Gasteiger partial charge in [0.25, 0.3) is 0 Å². The lowest BCUT2D eigenvalue weighted by Gasteiger charge is -2.12. The minimum absolute atomic E-state index is 0.161. The third-order valence-electron chi connectivity index (χ3n) is 2.55. The highest BCUT2D eigenvalue weighted by atomic mass is 16.7. The predicted molar refractivity (Wildman–Crippen MR) is 54.3 cm³/mol. The van der Waals surface area contributed by atoms with Crippen LogP contribution in [0.2, 0.25) is 0 Å². The molecule has 0 aliphatic carbocycles. The van der Waals surface area contributed by atoms with Gasteiger partial charge in [0.15, 0.2) is 17.6 Å². The van der Waals surface area contributed by atoms with Crippen molar-refractivity contribution in [3.8, 4) is 11.5 Å². The molecule has 2 rings (SSSR count). The normalized spacial score (nSPS) is 14.7. The molecule has 16 heavy (non-hydrogen) atoms. The van der Waals surface area contributed by atoms with Crippen molar-refractivity contribution < 1.29 is 24.1 Å². The molecular formula is C11H12O5. The zero-order chi connectivity index (χ0) is 11.7. The van der Waals surface area contributed by atoms with Gasteiger partial charge in [0.05, 0.1) is 7.11 Å². The summed E-state index contributed by atoms with van der Waals surface area (Å²) in [7, 11) is 1.23. The Labute approximate surface area is 92.5 Å². The van der Waals surface area contributed by atoms with Crippen molar-refractivity contribution in [3.63, 3.8) is 0 Å². The number of benzene rings is 1. The third kappa shape index (κ3) is 1.59. The van der Waals surface area contributed by atoms with E-state index in [9.17, 15) is 9.90 Å². The van der Waals surface area contributed by atoms with Crippen LogP contribution in [0.1, 0.15) is 17.2 Å². The highest BCUT2D eigenvalue weighted by Crippen LogP contribution is 2.38. The van der Waals surface area contributed by atoms with E-state index < -0.39 is 12.1 Å². The smallest absolute Gasteiger partial charge is 0.339 e. The topological polar surface area (TPSA) is 65.0 Å². The van der Waals surface area contributed by atoms with Crippen LogP contribution in [-0.4, -0.2) is 25.0 Å². The van der Waals surface area contributed by atoms with Gasteiger partial charge in [-0.2, -0.15) is 0 Å². The van der Waals surface area contributed by atoms with E-state index in [1.165, 1.54) is 7.11 Å². The van der Waals surface area contributed by atoms with Crippen LogP contribution in [0.25, 0.3) is 0 Å². The largest absolute Gasteiger partial charge is 0.467 e. The fourth-order valence-electron chi connectivity index (χ4n) is 1.66. The Morgan fingerprint density at radius 3 is 2.94 bits per heavy atom. The summed E-state index contributed by atoms with van der Waals surface area (Å²) in [6.07, 6.45) is -1.29. The lowest BCUT2D eigenvalue weighted by Crippen LogP contribution is -2.14. The van der Waals surface area contributed by atoms with Crippen molar-refractivity contribution in [2.45, 2.75) is 13.0 Å². The average Bonchev–Trinajstić information content (AvgIpc) is 2.76. The molecule has 1 aromatic carbocycles. The average molecular weight is 224 g/mol. The number of aliphatic hydroxyl groups excluding tert-OH is 1. The van der Waals surface area contributed by atoms with Crippen LogP contribution in [0.5, 0.6) is 11.5 Å². The van der Waals surface area contributed by atoms with Crippen LogP contribution < -0.4 is 9.47 Å². The van der Waals surface area contributed by atoms with Gasteiger partial charge in [-0.15, -0.1) is 0 Å². The summed E-state index contributed by atoms with van der Waals surface area (Å²) in [6, 6.07) is 3.29. The molecule has 1 heterocycles. The van der Waals surface area contributed by atoms with Crippen molar-refractivity contribution in [3.05, 3.63) is 23.3 Å². The first-order chi connectivity index (χ1) is 7.65. The number of fused-ring (bicyclic) bond motifs is 1. The van der Waals surface area contributed by atoms with Gasteiger partial charge in [-0.1, -0.05) is 6.07 Å². The van der Waals surface area contributed by atoms with Crippen LogP contribution in [0, 0.1) is 6.92 Å². The maximum Gasteiger partial charge on any atom is 0.339 e. The maximum absolute atomic E-state index is 11.2. The van der Waals surface area contributed by atoms with Gasteiger partial charge in [-0.25, -0.2) is 4.79 Å². The van der Waals surface area contributed by atoms with Gasteiger partial charge in [-0.3, -0.25) is 0 Å². The molecule has 1 atom stereocenters. The Morgan fingerprint density at radius 2 is 2.25 bits per heavy atom. The molecule has 5 nitrogen and oxygen atoms in total. The van der Waals surface area contributed by atoms with Crippen LogP contribution in [0.4, 0.5) is 0 Å². The molecular weight excluding hydrogens is 212 g/mol. The molecule has 1 aliphatic heterocycles. The lowest BCUT2D eigenvalue weighted by molar-refractivity contribution is -0.150. The highest BCUT2D eigenvalue weighted by molar-refractivity contribution is 5.77. The minimum Gasteiger partial charge on any atom is -0.467 e. The quantitative estimate of drug-likeness (QED) is 0.757. The summed E-state index contributed by atoms with van der Waals surface area (Å²) >= 11 is 0. The van der Waals surface area contributed by atoms with E-state index >= 15 is 0 Å². The maximum atomic E-state index is 11.2. The number of carbonyl (C=O) groups is 1. The standard InChI is InChI=1S/C11H12O5/c1-6-7(9(12)11(13)14-2)3-4-8-10(6)16-5-15-8/h3-4,9,12H,5H2,1-2H3. The second kappa shape index (κ2) is 4.02. The van der Waals surface area contributed by atoms with E-state index in [2.05, 4.69) is 4.74 Å². The van der Waals surface area contributed by atoms with Crippen LogP contribution in [-0.2, 0) is 9.53 Å². The van der Waals surface area contributed by atoms with Gasteiger partial charge < -0.3 is 19.3 Å². The first-order valence-corrected chi connectivity index (χ1v) is 4.80. The lowest BCUT2D eigenvalue weighted by atomic mass is 10.0. The van der Waals surface area contributed by atoms with Crippen molar-refractivity contribution in [1.29, 1.82) is 0 Å². The molecule has 0 fully saturated rings. The Morgan fingerprint density at radius 1 is 1.50 bits per heavy atom. The fourth-order valence-corrected chi connectivity index (χ4v) is 1.66. The molecule has 86 valence electrons. The summed E-state index contributed by atoms with van der Waals surface area (Å²) in [6.45, 7) is 1.92. The zero-order valence-corrected chi connectivity index (χ0v) is 9.02. The van der Waals surface area contributed by atoms with Gasteiger partial charge in [0.2, 0.25) is 6.79 Å². The molecule has 0 saturated heterocycles. The number of hydrogen-bond donors (Lipinski definition) is 1. The Hall–Kier alpha value is -1.75. The van der Waals surface area contributed by atoms with Crippen molar-refractivity contribution in [2.24, 2.45) is 0 Å². The molecule has 0 aromatic heterocycles. The van der Waals surface area contributed by atoms with E-state index in [4.69, 9.17) is 9.47 Å². The van der Waals surface area contributed by atoms with Crippen LogP contribution in [0.15, 0.2) is 12.1 Å². The van der Waals surface area contributed by atoms with Crippen LogP contribution >= 0.6 is 0 Å². The number of methoxy groups -OCH3 is 1. The Bertz CT molecular complexity index is 427. The van der Waals surface area contributed by atoms with Gasteiger partial charge in [-0.05, 0) is 18.6 Å². The van der Waals surface area contributed by atoms with Gasteiger partial charge in [0, 0.05) is 5.56 Å². The third-order valence-corrected chi connectivity index (χ3v) is 2.55. The second-order valence-corrected chi connectivity index (χ2v) is 3.44. The molecule has 0 spiro atoms.